The van der Waals surface area contributed by atoms with Gasteiger partial charge < -0.3 is 22.7 Å². The van der Waals surface area contributed by atoms with Crippen LogP contribution in [0.4, 0.5) is 0 Å². The minimum absolute atomic E-state index is 0.177. The molecule has 0 aliphatic carbocycles. The minimum atomic E-state index is -2.77. The van der Waals surface area contributed by atoms with Crippen LogP contribution in [0.1, 0.15) is 68.0 Å². The highest BCUT2D eigenvalue weighted by atomic mass is 32.2. The Kier molecular flexibility index (Phi) is 6.88. The summed E-state index contributed by atoms with van der Waals surface area (Å²) < 4.78 is 30.2. The number of rotatable bonds is 5. The monoisotopic (exact) mass is 552 g/mol. The molecule has 2 aromatic rings. The molecule has 36 heavy (non-hydrogen) atoms. The molecule has 3 saturated heterocycles. The van der Waals surface area contributed by atoms with Crippen molar-refractivity contribution in [2.75, 3.05) is 12.4 Å². The smallest absolute Gasteiger partial charge is 0.335 e. The molecule has 0 amide bonds. The van der Waals surface area contributed by atoms with Gasteiger partial charge in [-0.1, -0.05) is 55.4 Å². The average molecular weight is 553 g/mol. The predicted molar refractivity (Wildman–Crippen MR) is 146 cm³/mol. The molecule has 4 atom stereocenters. The van der Waals surface area contributed by atoms with Crippen molar-refractivity contribution in [1.82, 2.24) is 19.5 Å². The Morgan fingerprint density at radius 1 is 1.06 bits per heavy atom. The molecule has 1 N–H and O–H groups in total. The van der Waals surface area contributed by atoms with Gasteiger partial charge in [0.05, 0.1) is 30.1 Å². The van der Waals surface area contributed by atoms with Crippen molar-refractivity contribution in [3.63, 3.8) is 0 Å². The number of aromatic nitrogens is 4. The highest BCUT2D eigenvalue weighted by Gasteiger charge is 2.67. The van der Waals surface area contributed by atoms with Crippen molar-refractivity contribution in [1.29, 1.82) is 0 Å². The molecule has 0 radical (unpaired) electrons. The summed E-state index contributed by atoms with van der Waals surface area (Å²) in [5.74, 6) is 1.03. The van der Waals surface area contributed by atoms with Crippen LogP contribution in [-0.2, 0) is 17.7 Å². The second-order valence-electron chi connectivity index (χ2n) is 11.6. The van der Waals surface area contributed by atoms with Crippen LogP contribution in [0.15, 0.2) is 17.4 Å². The Bertz CT molecular complexity index is 1150. The zero-order valence-corrected chi connectivity index (χ0v) is 25.4. The maximum Gasteiger partial charge on any atom is 0.335 e. The third-order valence-electron chi connectivity index (χ3n) is 8.34. The molecular formula is C24H40N4O5SSi2. The molecule has 200 valence electrons. The Balaban J connectivity index is 1.63. The predicted octanol–water partition coefficient (Wildman–Crippen LogP) is 4.85. The van der Waals surface area contributed by atoms with Gasteiger partial charge >= 0.3 is 17.1 Å². The van der Waals surface area contributed by atoms with E-state index in [0.717, 1.165) is 12.2 Å². The highest BCUT2D eigenvalue weighted by Crippen LogP contribution is 2.60. The number of H-pyrrole nitrogens is 1. The lowest BCUT2D eigenvalue weighted by atomic mass is 9.94. The van der Waals surface area contributed by atoms with Crippen molar-refractivity contribution < 1.29 is 17.7 Å². The molecule has 0 unspecified atom stereocenters. The lowest BCUT2D eigenvalue weighted by Gasteiger charge is -2.54. The van der Waals surface area contributed by atoms with Crippen molar-refractivity contribution >= 4 is 40.0 Å². The largest absolute Gasteiger partial charge is 0.414 e. The Hall–Kier alpha value is -1.03. The number of nitrogens with one attached hydrogen (secondary N) is 1. The van der Waals surface area contributed by atoms with E-state index < -0.39 is 17.1 Å². The number of nitrogens with zero attached hydrogens (tertiary/aromatic N) is 3. The minimum Gasteiger partial charge on any atom is -0.414 e. The summed E-state index contributed by atoms with van der Waals surface area (Å²) in [4.78, 5) is 23.8. The number of hydrogen-bond acceptors (Lipinski definition) is 8. The van der Waals surface area contributed by atoms with Gasteiger partial charge in [-0.25, -0.2) is 9.97 Å². The molecule has 3 aliphatic heterocycles. The highest BCUT2D eigenvalue weighted by molar-refractivity contribution is 8.02. The number of thioether (sulfide) groups is 1. The van der Waals surface area contributed by atoms with E-state index in [2.05, 4.69) is 70.3 Å². The third kappa shape index (κ3) is 3.74. The summed E-state index contributed by atoms with van der Waals surface area (Å²) in [6, 6.07) is 0. The van der Waals surface area contributed by atoms with Gasteiger partial charge in [0, 0.05) is 0 Å². The van der Waals surface area contributed by atoms with E-state index in [0.29, 0.717) is 17.8 Å². The molecule has 9 nitrogen and oxygen atoms in total. The van der Waals surface area contributed by atoms with Crippen LogP contribution in [-0.4, -0.2) is 66.0 Å². The number of imidazole rings is 1. The topological polar surface area (TPSA) is 100 Å². The molecule has 1 spiro atoms. The molecule has 0 bridgehead atoms. The normalized spacial score (nSPS) is 31.8. The summed E-state index contributed by atoms with van der Waals surface area (Å²) in [7, 11) is -5.41. The summed E-state index contributed by atoms with van der Waals surface area (Å²) in [5, 5.41) is 0. The average Bonchev–Trinajstić information content (AvgIpc) is 3.32. The summed E-state index contributed by atoms with van der Waals surface area (Å²) in [6.07, 6.45) is 3.29. The van der Waals surface area contributed by atoms with Crippen LogP contribution in [0.2, 0.25) is 22.2 Å². The SMILES string of the molecule is CC(C)[Si]1(C(C)C)OC[C@H]2O[C@@H](n3cnc4c(=O)[nH]cnc43)[C@@]3(CCS3)[C@@H]2O[Si](C(C)C)(C(C)C)O1. The van der Waals surface area contributed by atoms with Gasteiger partial charge in [0.15, 0.2) is 17.4 Å². The van der Waals surface area contributed by atoms with E-state index in [1.165, 1.54) is 6.33 Å². The number of hydrogen-bond donors (Lipinski definition) is 1. The van der Waals surface area contributed by atoms with Crippen LogP contribution in [0, 0.1) is 0 Å². The van der Waals surface area contributed by atoms with Gasteiger partial charge in [-0.15, -0.1) is 11.8 Å². The lowest BCUT2D eigenvalue weighted by Crippen LogP contribution is -2.67. The summed E-state index contributed by atoms with van der Waals surface area (Å²) >= 11 is 1.88. The van der Waals surface area contributed by atoms with E-state index in [-0.39, 0.29) is 50.9 Å². The molecular weight excluding hydrogens is 513 g/mol. The number of ether oxygens (including phenoxy) is 1. The molecule has 12 heteroatoms. The van der Waals surface area contributed by atoms with Gasteiger partial charge in [-0.05, 0) is 34.3 Å². The fourth-order valence-electron chi connectivity index (χ4n) is 6.33. The second-order valence-corrected chi connectivity index (χ2v) is 22.0. The van der Waals surface area contributed by atoms with Gasteiger partial charge in [0.2, 0.25) is 0 Å². The second kappa shape index (κ2) is 9.31. The van der Waals surface area contributed by atoms with Crippen LogP contribution < -0.4 is 5.56 Å². The van der Waals surface area contributed by atoms with Crippen LogP contribution in [0.25, 0.3) is 11.2 Å². The summed E-state index contributed by atoms with van der Waals surface area (Å²) in [5.41, 5.74) is 1.66. The summed E-state index contributed by atoms with van der Waals surface area (Å²) in [6.45, 7) is 18.3. The molecule has 3 fully saturated rings. The first kappa shape index (κ1) is 26.6. The first-order valence-corrected chi connectivity index (χ1v) is 18.1. The zero-order valence-electron chi connectivity index (χ0n) is 22.6. The quantitative estimate of drug-likeness (QED) is 0.526. The maximum absolute atomic E-state index is 12.4. The molecule has 0 aromatic carbocycles. The van der Waals surface area contributed by atoms with E-state index in [9.17, 15) is 4.79 Å². The van der Waals surface area contributed by atoms with Crippen molar-refractivity contribution in [3.05, 3.63) is 23.0 Å². The van der Waals surface area contributed by atoms with Crippen molar-refractivity contribution in [2.24, 2.45) is 0 Å². The number of aromatic amines is 1. The van der Waals surface area contributed by atoms with E-state index in [4.69, 9.17) is 17.7 Å². The third-order valence-corrected chi connectivity index (χ3v) is 20.2. The molecule has 2 aromatic heterocycles. The van der Waals surface area contributed by atoms with Crippen molar-refractivity contribution in [2.45, 2.75) is 107 Å². The fraction of sp³-hybridized carbons (Fsp3) is 0.792. The van der Waals surface area contributed by atoms with Crippen LogP contribution in [0.5, 0.6) is 0 Å². The van der Waals surface area contributed by atoms with Gasteiger partial charge in [0.25, 0.3) is 5.56 Å². The Labute approximate surface area is 219 Å². The molecule has 0 saturated carbocycles. The van der Waals surface area contributed by atoms with E-state index in [1.807, 2.05) is 16.3 Å². The molecule has 3 aliphatic rings. The van der Waals surface area contributed by atoms with Crippen LogP contribution >= 0.6 is 11.8 Å². The van der Waals surface area contributed by atoms with Gasteiger partial charge in [0.1, 0.15) is 6.10 Å². The maximum atomic E-state index is 12.4. The lowest BCUT2D eigenvalue weighted by molar-refractivity contribution is -0.0548. The molecule has 5 rings (SSSR count). The Morgan fingerprint density at radius 3 is 2.25 bits per heavy atom. The first-order valence-electron chi connectivity index (χ1n) is 13.2. The fourth-order valence-corrected chi connectivity index (χ4v) is 19.0. The van der Waals surface area contributed by atoms with Crippen LogP contribution in [0.3, 0.4) is 0 Å². The molecule has 5 heterocycles. The van der Waals surface area contributed by atoms with E-state index in [1.54, 1.807) is 6.33 Å². The van der Waals surface area contributed by atoms with Crippen molar-refractivity contribution in [3.8, 4) is 0 Å². The zero-order chi connectivity index (χ0) is 26.0. The van der Waals surface area contributed by atoms with E-state index >= 15 is 0 Å². The Morgan fingerprint density at radius 2 is 1.69 bits per heavy atom. The first-order chi connectivity index (χ1) is 17.0. The number of fused-ring (bicyclic) bond motifs is 3. The van der Waals surface area contributed by atoms with Gasteiger partial charge in [-0.3, -0.25) is 9.36 Å². The van der Waals surface area contributed by atoms with Gasteiger partial charge in [-0.2, -0.15) is 0 Å². The standard InChI is InChI=1S/C24H40N4O5SSi2/c1-14(2)35(15(3)4)30-11-18-20(32-36(33-35,16(5)6)17(7)8)24(9-10-34-24)23(31-18)28-13-27-19-21(28)25-12-26-22(19)29/h12-18,20,23H,9-11H2,1-8H3,(H,25,26,29)/t18-,20-,23-,24-/m1/s1.